The third-order valence-corrected chi connectivity index (χ3v) is 6.60. The number of benzene rings is 1. The molecule has 0 amide bonds. The smallest absolute Gasteiger partial charge is 0.250 e. The minimum atomic E-state index is 0.180. The summed E-state index contributed by atoms with van der Waals surface area (Å²) in [4.78, 5) is 19.3. The third kappa shape index (κ3) is 3.44. The molecule has 29 heavy (non-hydrogen) atoms. The van der Waals surface area contributed by atoms with Crippen molar-refractivity contribution in [2.45, 2.75) is 44.7 Å². The maximum absolute atomic E-state index is 12.6. The predicted molar refractivity (Wildman–Crippen MR) is 114 cm³/mol. The van der Waals surface area contributed by atoms with Crippen molar-refractivity contribution in [2.24, 2.45) is 5.92 Å². The van der Waals surface area contributed by atoms with Gasteiger partial charge < -0.3 is 9.13 Å². The Kier molecular flexibility index (Phi) is 4.84. The van der Waals surface area contributed by atoms with Crippen LogP contribution in [0.15, 0.2) is 66.0 Å². The van der Waals surface area contributed by atoms with Crippen molar-refractivity contribution < 1.29 is 0 Å². The lowest BCUT2D eigenvalue weighted by molar-refractivity contribution is 0.0817. The molecule has 1 fully saturated rings. The molecule has 2 bridgehead atoms. The summed E-state index contributed by atoms with van der Waals surface area (Å²) in [6, 6.07) is 15.0. The average molecular weight is 389 g/mol. The molecule has 1 saturated heterocycles. The number of hydrogen-bond acceptors (Lipinski definition) is 3. The third-order valence-electron chi connectivity index (χ3n) is 6.60. The van der Waals surface area contributed by atoms with Crippen molar-refractivity contribution in [2.75, 3.05) is 13.1 Å². The first-order valence-corrected chi connectivity index (χ1v) is 10.7. The van der Waals surface area contributed by atoms with Crippen LogP contribution in [0.1, 0.15) is 49.4 Å². The Balaban J connectivity index is 1.37. The molecule has 4 heterocycles. The molecule has 0 N–H and O–H groups in total. The zero-order valence-electron chi connectivity index (χ0n) is 16.9. The van der Waals surface area contributed by atoms with E-state index in [9.17, 15) is 4.79 Å². The van der Waals surface area contributed by atoms with Crippen molar-refractivity contribution in [3.63, 3.8) is 0 Å². The van der Waals surface area contributed by atoms with Crippen LogP contribution in [0.3, 0.4) is 0 Å². The van der Waals surface area contributed by atoms with Crippen LogP contribution < -0.4 is 5.56 Å². The highest BCUT2D eigenvalue weighted by Gasteiger charge is 2.39. The molecule has 0 saturated carbocycles. The molecule has 2 aliphatic heterocycles. The quantitative estimate of drug-likeness (QED) is 0.664. The van der Waals surface area contributed by atoms with Crippen molar-refractivity contribution in [3.05, 3.63) is 82.8 Å². The highest BCUT2D eigenvalue weighted by atomic mass is 16.1. The van der Waals surface area contributed by atoms with E-state index in [4.69, 9.17) is 0 Å². The fraction of sp³-hybridized carbons (Fsp3) is 0.417. The van der Waals surface area contributed by atoms with E-state index in [2.05, 4.69) is 51.7 Å². The molecule has 0 radical (unpaired) electrons. The fourth-order valence-electron chi connectivity index (χ4n) is 5.37. The van der Waals surface area contributed by atoms with Crippen molar-refractivity contribution in [1.29, 1.82) is 0 Å². The normalized spacial score (nSPS) is 23.7. The Bertz CT molecular complexity index is 1020. The van der Waals surface area contributed by atoms with E-state index >= 15 is 0 Å². The Hall–Kier alpha value is -2.66. The number of likely N-dealkylation sites (tertiary alicyclic amines) is 1. The Labute approximate surface area is 171 Å². The highest BCUT2D eigenvalue weighted by Crippen LogP contribution is 2.43. The number of rotatable bonds is 5. The van der Waals surface area contributed by atoms with Gasteiger partial charge in [0.25, 0.3) is 5.56 Å². The van der Waals surface area contributed by atoms with Gasteiger partial charge in [-0.25, -0.2) is 4.98 Å². The van der Waals surface area contributed by atoms with Crippen LogP contribution in [-0.2, 0) is 6.54 Å². The second kappa shape index (κ2) is 7.64. The number of piperidine rings is 1. The van der Waals surface area contributed by atoms with E-state index in [-0.39, 0.29) is 5.56 Å². The van der Waals surface area contributed by atoms with E-state index in [1.54, 1.807) is 12.3 Å². The van der Waals surface area contributed by atoms with Gasteiger partial charge in [-0.05, 0) is 42.5 Å². The van der Waals surface area contributed by atoms with Crippen LogP contribution in [0.2, 0.25) is 0 Å². The van der Waals surface area contributed by atoms with E-state index < -0.39 is 0 Å². The summed E-state index contributed by atoms with van der Waals surface area (Å²) < 4.78 is 4.15. The van der Waals surface area contributed by atoms with E-state index in [0.717, 1.165) is 38.2 Å². The lowest BCUT2D eigenvalue weighted by Gasteiger charge is -2.47. The molecule has 5 heteroatoms. The molecule has 150 valence electrons. The highest BCUT2D eigenvalue weighted by molar-refractivity contribution is 5.34. The topological polar surface area (TPSA) is 43.1 Å². The van der Waals surface area contributed by atoms with Gasteiger partial charge in [-0.1, -0.05) is 31.5 Å². The number of fused-ring (bicyclic) bond motifs is 4. The summed E-state index contributed by atoms with van der Waals surface area (Å²) in [5.41, 5.74) is 3.90. The average Bonchev–Trinajstić information content (AvgIpc) is 3.27. The largest absolute Gasteiger partial charge is 0.309 e. The lowest BCUT2D eigenvalue weighted by Crippen LogP contribution is -2.49. The molecule has 5 rings (SSSR count). The Morgan fingerprint density at radius 1 is 1.10 bits per heavy atom. The van der Waals surface area contributed by atoms with Crippen LogP contribution in [0.25, 0.3) is 5.69 Å². The number of nitrogens with zero attached hydrogens (tertiary/aromatic N) is 4. The molecule has 0 unspecified atom stereocenters. The molecule has 3 aromatic rings. The van der Waals surface area contributed by atoms with Crippen LogP contribution in [0.4, 0.5) is 0 Å². The van der Waals surface area contributed by atoms with E-state index in [1.165, 1.54) is 17.7 Å². The number of pyridine rings is 1. The fourth-order valence-corrected chi connectivity index (χ4v) is 5.37. The standard InChI is InChI=1S/C24H28N4O/c1-2-4-22-19-13-20(23-5-3-6-24(29)28(22)23)16-26(15-19)14-18-7-9-21(10-8-18)27-12-11-25-17-27/h3,5-12,17,19-20,22H,2,4,13-16H2,1H3/t19-,20+,22-/m0/s1. The Morgan fingerprint density at radius 2 is 1.97 bits per heavy atom. The Morgan fingerprint density at radius 3 is 2.72 bits per heavy atom. The minimum Gasteiger partial charge on any atom is -0.309 e. The van der Waals surface area contributed by atoms with Gasteiger partial charge in [-0.2, -0.15) is 0 Å². The molecule has 2 aromatic heterocycles. The van der Waals surface area contributed by atoms with Crippen LogP contribution >= 0.6 is 0 Å². The molecule has 2 aliphatic rings. The van der Waals surface area contributed by atoms with Gasteiger partial charge in [0, 0.05) is 61.4 Å². The zero-order valence-corrected chi connectivity index (χ0v) is 16.9. The SMILES string of the molecule is CCC[C@H]1[C@H]2C[C@H](CN(Cc3ccc(-n4ccnc4)cc3)C2)c2cccc(=O)n21. The van der Waals surface area contributed by atoms with Crippen LogP contribution in [-0.4, -0.2) is 32.1 Å². The molecular weight excluding hydrogens is 360 g/mol. The summed E-state index contributed by atoms with van der Waals surface area (Å²) in [7, 11) is 0. The number of hydrogen-bond donors (Lipinski definition) is 0. The summed E-state index contributed by atoms with van der Waals surface area (Å²) in [6.45, 7) is 5.29. The lowest BCUT2D eigenvalue weighted by atomic mass is 9.77. The van der Waals surface area contributed by atoms with E-state index in [0.29, 0.717) is 17.9 Å². The van der Waals surface area contributed by atoms with Gasteiger partial charge in [-0.3, -0.25) is 9.69 Å². The first kappa shape index (κ1) is 18.4. The van der Waals surface area contributed by atoms with Gasteiger partial charge in [0.1, 0.15) is 0 Å². The zero-order chi connectivity index (χ0) is 19.8. The van der Waals surface area contributed by atoms with Gasteiger partial charge >= 0.3 is 0 Å². The van der Waals surface area contributed by atoms with Gasteiger partial charge in [0.15, 0.2) is 0 Å². The molecule has 0 aliphatic carbocycles. The van der Waals surface area contributed by atoms with Crippen LogP contribution in [0.5, 0.6) is 0 Å². The summed E-state index contributed by atoms with van der Waals surface area (Å²) in [6.07, 6.45) is 9.01. The maximum Gasteiger partial charge on any atom is 0.250 e. The second-order valence-corrected chi connectivity index (χ2v) is 8.54. The monoisotopic (exact) mass is 388 g/mol. The maximum atomic E-state index is 12.6. The summed E-state index contributed by atoms with van der Waals surface area (Å²) >= 11 is 0. The first-order chi connectivity index (χ1) is 14.2. The molecule has 1 aromatic carbocycles. The van der Waals surface area contributed by atoms with Crippen LogP contribution in [0, 0.1) is 5.92 Å². The molecule has 0 spiro atoms. The molecule has 3 atom stereocenters. The second-order valence-electron chi connectivity index (χ2n) is 8.54. The summed E-state index contributed by atoms with van der Waals surface area (Å²) in [5, 5.41) is 0. The number of imidazole rings is 1. The van der Waals surface area contributed by atoms with Crippen molar-refractivity contribution >= 4 is 0 Å². The molecular formula is C24H28N4O. The van der Waals surface area contributed by atoms with Gasteiger partial charge in [0.05, 0.1) is 6.33 Å². The van der Waals surface area contributed by atoms with Crippen molar-refractivity contribution in [3.8, 4) is 5.69 Å². The van der Waals surface area contributed by atoms with Gasteiger partial charge in [0.2, 0.25) is 0 Å². The first-order valence-electron chi connectivity index (χ1n) is 10.7. The molecule has 5 nitrogen and oxygen atoms in total. The van der Waals surface area contributed by atoms with E-state index in [1.807, 2.05) is 23.2 Å². The predicted octanol–water partition coefficient (Wildman–Crippen LogP) is 3.99. The van der Waals surface area contributed by atoms with Crippen molar-refractivity contribution in [1.82, 2.24) is 19.0 Å². The van der Waals surface area contributed by atoms with Gasteiger partial charge in [-0.15, -0.1) is 0 Å². The minimum absolute atomic E-state index is 0.180. The number of aromatic nitrogens is 3. The summed E-state index contributed by atoms with van der Waals surface area (Å²) in [5.74, 6) is 1.02.